The van der Waals surface area contributed by atoms with Crippen molar-refractivity contribution in [2.75, 3.05) is 0 Å². The number of pyridine rings is 1. The van der Waals surface area contributed by atoms with Crippen LogP contribution in [0.15, 0.2) is 67.0 Å². The molecule has 138 valence electrons. The van der Waals surface area contributed by atoms with Crippen molar-refractivity contribution >= 4 is 8.32 Å². The second kappa shape index (κ2) is 7.49. The molecule has 0 saturated heterocycles. The molecule has 0 bridgehead atoms. The van der Waals surface area contributed by atoms with Crippen LogP contribution in [0.3, 0.4) is 0 Å². The Morgan fingerprint density at radius 3 is 2.19 bits per heavy atom. The Balaban J connectivity index is 1.81. The molecule has 2 aromatic rings. The summed E-state index contributed by atoms with van der Waals surface area (Å²) < 4.78 is 6.66. The lowest BCUT2D eigenvalue weighted by atomic mass is 9.80. The van der Waals surface area contributed by atoms with Gasteiger partial charge in [-0.05, 0) is 53.7 Å². The van der Waals surface area contributed by atoms with E-state index in [1.165, 1.54) is 11.1 Å². The maximum Gasteiger partial charge on any atom is 0.192 e. The first kappa shape index (κ1) is 19.1. The molecule has 0 spiro atoms. The third-order valence-corrected chi connectivity index (χ3v) is 10.5. The van der Waals surface area contributed by atoms with Crippen molar-refractivity contribution in [2.24, 2.45) is 5.92 Å². The molecule has 0 radical (unpaired) electrons. The molecule has 3 unspecified atom stereocenters. The van der Waals surface area contributed by atoms with Crippen LogP contribution in [0, 0.1) is 5.92 Å². The van der Waals surface area contributed by atoms with Crippen molar-refractivity contribution in [2.45, 2.75) is 57.3 Å². The molecule has 1 aromatic heterocycles. The Hall–Kier alpha value is -1.71. The fraction of sp³-hybridized carbons (Fsp3) is 0.435. The molecular formula is C23H31NOSi. The Morgan fingerprint density at radius 2 is 1.58 bits per heavy atom. The van der Waals surface area contributed by atoms with E-state index in [9.17, 15) is 0 Å². The first-order chi connectivity index (χ1) is 12.3. The van der Waals surface area contributed by atoms with Crippen LogP contribution >= 0.6 is 0 Å². The number of allylic oxidation sites excluding steroid dienone is 1. The van der Waals surface area contributed by atoms with Gasteiger partial charge in [0.25, 0.3) is 0 Å². The molecular weight excluding hydrogens is 334 g/mol. The highest BCUT2D eigenvalue weighted by Gasteiger charge is 2.40. The first-order valence-corrected chi connectivity index (χ1v) is 12.5. The molecule has 2 nitrogen and oxygen atoms in total. The van der Waals surface area contributed by atoms with Gasteiger partial charge in [0.1, 0.15) is 0 Å². The number of hydrogen-bond donors (Lipinski definition) is 0. The summed E-state index contributed by atoms with van der Waals surface area (Å²) in [7, 11) is -1.75. The Labute approximate surface area is 159 Å². The summed E-state index contributed by atoms with van der Waals surface area (Å²) >= 11 is 0. The van der Waals surface area contributed by atoms with E-state index in [0.717, 1.165) is 6.42 Å². The summed E-state index contributed by atoms with van der Waals surface area (Å²) in [4.78, 5) is 4.20. The lowest BCUT2D eigenvalue weighted by molar-refractivity contribution is 0.209. The van der Waals surface area contributed by atoms with Gasteiger partial charge in [-0.1, -0.05) is 63.3 Å². The van der Waals surface area contributed by atoms with Gasteiger partial charge in [0.05, 0.1) is 6.10 Å². The molecule has 0 N–H and O–H groups in total. The molecule has 3 atom stereocenters. The molecule has 0 amide bonds. The lowest BCUT2D eigenvalue weighted by Crippen LogP contribution is -2.43. The smallest absolute Gasteiger partial charge is 0.192 e. The standard InChI is InChI=1S/C23H31NOSi/c1-23(2,3)26(4,5)25-21-12-11-20(17-21)22(18-9-7-6-8-10-18)19-13-15-24-16-14-19/h6-16,20-22H,17H2,1-5H3. The topological polar surface area (TPSA) is 22.1 Å². The first-order valence-electron chi connectivity index (χ1n) is 9.59. The molecule has 0 aliphatic heterocycles. The highest BCUT2D eigenvalue weighted by molar-refractivity contribution is 6.74. The fourth-order valence-corrected chi connectivity index (χ4v) is 4.79. The Bertz CT molecular complexity index is 694. The van der Waals surface area contributed by atoms with Crippen LogP contribution in [0.4, 0.5) is 0 Å². The highest BCUT2D eigenvalue weighted by atomic mass is 28.4. The monoisotopic (exact) mass is 365 g/mol. The van der Waals surface area contributed by atoms with Crippen LogP contribution < -0.4 is 0 Å². The fourth-order valence-electron chi connectivity index (χ4n) is 3.50. The minimum atomic E-state index is -1.75. The molecule has 3 heteroatoms. The van der Waals surface area contributed by atoms with E-state index < -0.39 is 8.32 Å². The zero-order chi connectivity index (χ0) is 18.8. The zero-order valence-corrected chi connectivity index (χ0v) is 17.6. The van der Waals surface area contributed by atoms with Gasteiger partial charge in [-0.15, -0.1) is 0 Å². The van der Waals surface area contributed by atoms with Crippen molar-refractivity contribution in [3.8, 4) is 0 Å². The maximum atomic E-state index is 6.66. The molecule has 1 aromatic carbocycles. The van der Waals surface area contributed by atoms with Crippen LogP contribution in [0.1, 0.15) is 44.2 Å². The van der Waals surface area contributed by atoms with E-state index in [0.29, 0.717) is 11.8 Å². The molecule has 0 saturated carbocycles. The van der Waals surface area contributed by atoms with Gasteiger partial charge in [0.15, 0.2) is 8.32 Å². The van der Waals surface area contributed by atoms with Gasteiger partial charge in [0, 0.05) is 18.3 Å². The second-order valence-electron chi connectivity index (χ2n) is 8.87. The number of nitrogens with zero attached hydrogens (tertiary/aromatic N) is 1. The van der Waals surface area contributed by atoms with Crippen LogP contribution in [0.25, 0.3) is 0 Å². The Kier molecular flexibility index (Phi) is 5.49. The van der Waals surface area contributed by atoms with E-state index in [4.69, 9.17) is 4.43 Å². The van der Waals surface area contributed by atoms with E-state index in [-0.39, 0.29) is 11.1 Å². The number of rotatable bonds is 5. The summed E-state index contributed by atoms with van der Waals surface area (Å²) in [6.07, 6.45) is 9.74. The number of hydrogen-bond acceptors (Lipinski definition) is 2. The summed E-state index contributed by atoms with van der Waals surface area (Å²) in [6, 6.07) is 15.1. The largest absolute Gasteiger partial charge is 0.411 e. The van der Waals surface area contributed by atoms with Gasteiger partial charge >= 0.3 is 0 Å². The van der Waals surface area contributed by atoms with Crippen LogP contribution in [0.2, 0.25) is 18.1 Å². The molecule has 1 aliphatic carbocycles. The maximum absolute atomic E-state index is 6.66. The molecule has 0 fully saturated rings. The summed E-state index contributed by atoms with van der Waals surface area (Å²) in [5.41, 5.74) is 2.69. The van der Waals surface area contributed by atoms with Crippen LogP contribution in [-0.4, -0.2) is 19.4 Å². The van der Waals surface area contributed by atoms with Crippen molar-refractivity contribution in [3.05, 3.63) is 78.1 Å². The van der Waals surface area contributed by atoms with Crippen molar-refractivity contribution in [3.63, 3.8) is 0 Å². The van der Waals surface area contributed by atoms with E-state index in [1.807, 2.05) is 12.4 Å². The van der Waals surface area contributed by atoms with Gasteiger partial charge in [-0.3, -0.25) is 4.98 Å². The average molecular weight is 366 g/mol. The van der Waals surface area contributed by atoms with Crippen molar-refractivity contribution < 1.29 is 4.43 Å². The quantitative estimate of drug-likeness (QED) is 0.466. The summed E-state index contributed by atoms with van der Waals surface area (Å²) in [6.45, 7) is 11.6. The third kappa shape index (κ3) is 4.16. The summed E-state index contributed by atoms with van der Waals surface area (Å²) in [5.74, 6) is 0.804. The average Bonchev–Trinajstić information content (AvgIpc) is 3.03. The van der Waals surface area contributed by atoms with Gasteiger partial charge in [-0.2, -0.15) is 0 Å². The number of aromatic nitrogens is 1. The summed E-state index contributed by atoms with van der Waals surface area (Å²) in [5, 5.41) is 0.239. The molecule has 1 heterocycles. The SMILES string of the molecule is CC(C)(C)[Si](C)(C)OC1C=CC(C(c2ccccc2)c2ccncc2)C1. The van der Waals surface area contributed by atoms with Crippen LogP contribution in [0.5, 0.6) is 0 Å². The van der Waals surface area contributed by atoms with Gasteiger partial charge < -0.3 is 4.43 Å². The van der Waals surface area contributed by atoms with Crippen LogP contribution in [-0.2, 0) is 4.43 Å². The lowest BCUT2D eigenvalue weighted by Gasteiger charge is -2.38. The van der Waals surface area contributed by atoms with E-state index in [1.54, 1.807) is 0 Å². The van der Waals surface area contributed by atoms with Crippen molar-refractivity contribution in [1.82, 2.24) is 4.98 Å². The normalized spacial score (nSPS) is 21.7. The van der Waals surface area contributed by atoms with Gasteiger partial charge in [0.2, 0.25) is 0 Å². The Morgan fingerprint density at radius 1 is 0.962 bits per heavy atom. The number of benzene rings is 1. The third-order valence-electron chi connectivity index (χ3n) is 5.98. The second-order valence-corrected chi connectivity index (χ2v) is 13.6. The van der Waals surface area contributed by atoms with Gasteiger partial charge in [-0.25, -0.2) is 0 Å². The van der Waals surface area contributed by atoms with Crippen molar-refractivity contribution in [1.29, 1.82) is 0 Å². The molecule has 26 heavy (non-hydrogen) atoms. The van der Waals surface area contributed by atoms with E-state index in [2.05, 4.69) is 93.5 Å². The highest BCUT2D eigenvalue weighted by Crippen LogP contribution is 2.42. The predicted molar refractivity (Wildman–Crippen MR) is 112 cm³/mol. The molecule has 1 aliphatic rings. The molecule has 3 rings (SSSR count). The zero-order valence-electron chi connectivity index (χ0n) is 16.6. The minimum Gasteiger partial charge on any atom is -0.411 e. The van der Waals surface area contributed by atoms with E-state index >= 15 is 0 Å². The minimum absolute atomic E-state index is 0.231. The predicted octanol–water partition coefficient (Wildman–Crippen LogP) is 6.18.